The van der Waals surface area contributed by atoms with Crippen LogP contribution in [0.5, 0.6) is 0 Å². The zero-order valence-corrected chi connectivity index (χ0v) is 4.67. The maximum absolute atomic E-state index is 9.78. The van der Waals surface area contributed by atoms with Gasteiger partial charge in [-0.3, -0.25) is 4.57 Å². The molecule has 1 unspecified atom stereocenters. The van der Waals surface area contributed by atoms with Crippen molar-refractivity contribution in [2.45, 2.75) is 332 Å². The predicted octanol–water partition coefficient (Wildman–Crippen LogP) is 26.9. The lowest BCUT2D eigenvalue weighted by atomic mass is 10.9. The summed E-state index contributed by atoms with van der Waals surface area (Å²) >= 11 is 0. The number of hydrogen-bond acceptors (Lipinski definition) is 2. The monoisotopic (exact) mass is 815 g/mol. The zero-order chi connectivity index (χ0) is 6.08. The van der Waals surface area contributed by atoms with Crippen LogP contribution in [0.1, 0.15) is 326 Å². The fourth-order valence-electron chi connectivity index (χ4n) is 0. The Morgan fingerprint density at radius 3 is 0.260 bits per heavy atom. The van der Waals surface area contributed by atoms with E-state index >= 15 is 0 Å². The Labute approximate surface area is 358 Å². The molecule has 0 bridgehead atoms. The second kappa shape index (κ2) is 1370. The van der Waals surface area contributed by atoms with Crippen molar-refractivity contribution in [2.75, 3.05) is 0 Å². The maximum atomic E-state index is 9.78. The third-order valence-corrected chi connectivity index (χ3v) is 1.46. The Balaban J connectivity index is -0.000000000199. The summed E-state index contributed by atoms with van der Waals surface area (Å²) in [6.07, 6.45) is 0. The highest BCUT2D eigenvalue weighted by molar-refractivity contribution is 7.52. The Kier molecular flexibility index (Phi) is 88700. The van der Waals surface area contributed by atoms with Gasteiger partial charge >= 0.3 is 7.60 Å². The lowest BCUT2D eigenvalue weighted by molar-refractivity contribution is 0.218. The highest BCUT2D eigenvalue weighted by atomic mass is 31.2. The summed E-state index contributed by atoms with van der Waals surface area (Å²) in [6.45, 7) is 1.04. The van der Waals surface area contributed by atoms with Crippen LogP contribution in [-0.2, 0) is 4.57 Å². The number of hydrogen-bond donors (Lipinski definition) is 3. The fraction of sp³-hybridized carbons (Fsp3) is 1.00. The van der Waals surface area contributed by atoms with Gasteiger partial charge in [-0.15, -0.1) is 0 Å². The highest BCUT2D eigenvalue weighted by Gasteiger charge is 2.19. The Morgan fingerprint density at radius 2 is 0.260 bits per heavy atom. The van der Waals surface area contributed by atoms with Crippen molar-refractivity contribution >= 4 is 7.60 Å². The molecule has 3 N–H and O–H groups in total. The molecule has 0 radical (unpaired) electrons. The second-order valence-electron chi connectivity index (χ2n) is 1.22. The van der Waals surface area contributed by atoms with E-state index in [2.05, 4.69) is 0 Å². The largest absolute Gasteiger partial charge is 0.381 e. The third-order valence-electron chi connectivity index (χ3n) is 0.487. The van der Waals surface area contributed by atoms with Crippen LogP contribution in [-0.4, -0.2) is 20.7 Å². The summed E-state index contributed by atoms with van der Waals surface area (Å²) in [5, 5.41) is 8.13. The number of rotatable bonds is 1. The van der Waals surface area contributed by atoms with Crippen LogP contribution in [0.25, 0.3) is 0 Å². The van der Waals surface area contributed by atoms with E-state index in [-0.39, 0.29) is 319 Å². The van der Waals surface area contributed by atoms with Gasteiger partial charge in [0.2, 0.25) is 0 Å². The minimum absolute atomic E-state index is 0. The van der Waals surface area contributed by atoms with E-state index in [1.54, 1.807) is 0 Å². The van der Waals surface area contributed by atoms with Gasteiger partial charge in [0.15, 0.2) is 5.85 Å². The van der Waals surface area contributed by atoms with Crippen LogP contribution in [0.2, 0.25) is 0 Å². The molecular formula is C45H179O4P. The molecule has 5 heteroatoms. The van der Waals surface area contributed by atoms with Crippen LogP contribution in [0.15, 0.2) is 0 Å². The van der Waals surface area contributed by atoms with Crippen LogP contribution in [0.3, 0.4) is 0 Å². The molecule has 388 valence electrons. The summed E-state index contributed by atoms with van der Waals surface area (Å²) in [5.74, 6) is -1.53. The molecular weight excluding hydrogens is 635 g/mol. The van der Waals surface area contributed by atoms with Crippen molar-refractivity contribution in [1.82, 2.24) is 0 Å². The lowest BCUT2D eigenvalue weighted by Crippen LogP contribution is -1.98. The first kappa shape index (κ1) is 3240. The van der Waals surface area contributed by atoms with Gasteiger partial charge in [-0.05, 0) is 6.92 Å². The molecule has 0 amide bonds. The quantitative estimate of drug-likeness (QED) is 0.230. The van der Waals surface area contributed by atoms with Crippen LogP contribution in [0, 0.1) is 0 Å². The number of aliphatic hydroxyl groups is 1. The summed E-state index contributed by atoms with van der Waals surface area (Å²) in [6, 6.07) is 0. The maximum Gasteiger partial charge on any atom is 0.353 e. The normalized spacial score (nSPS) is 2.32. The van der Waals surface area contributed by atoms with Gasteiger partial charge in [0, 0.05) is 0 Å². The molecule has 0 saturated heterocycles. The average molecular weight is 816 g/mol. The fourth-order valence-corrected chi connectivity index (χ4v) is 0. The Bertz CT molecular complexity index is 109. The third kappa shape index (κ3) is 2860. The topological polar surface area (TPSA) is 77.8 Å². The minimum Gasteiger partial charge on any atom is -0.381 e. The van der Waals surface area contributed by atoms with Crippen LogP contribution in [0.4, 0.5) is 0 Å². The molecule has 0 spiro atoms. The van der Waals surface area contributed by atoms with E-state index in [9.17, 15) is 4.57 Å². The van der Waals surface area contributed by atoms with Crippen LogP contribution >= 0.6 is 7.60 Å². The summed E-state index contributed by atoms with van der Waals surface area (Å²) in [4.78, 5) is 15.9. The van der Waals surface area contributed by atoms with Crippen molar-refractivity contribution in [3.05, 3.63) is 0 Å². The van der Waals surface area contributed by atoms with Crippen molar-refractivity contribution in [3.63, 3.8) is 0 Å². The van der Waals surface area contributed by atoms with Gasteiger partial charge < -0.3 is 14.9 Å². The predicted molar refractivity (Wildman–Crippen MR) is 313 cm³/mol. The molecule has 0 aliphatic carbocycles. The first-order chi connectivity index (χ1) is 2.94. The molecule has 0 saturated carbocycles. The second-order valence-corrected chi connectivity index (χ2v) is 3.15. The van der Waals surface area contributed by atoms with Crippen molar-refractivity contribution in [2.24, 2.45) is 0 Å². The highest BCUT2D eigenvalue weighted by Crippen LogP contribution is 2.38. The van der Waals surface area contributed by atoms with E-state index in [1.165, 1.54) is 0 Å². The molecule has 4 nitrogen and oxygen atoms in total. The minimum atomic E-state index is -4.18. The van der Waals surface area contributed by atoms with Crippen molar-refractivity contribution in [1.29, 1.82) is 0 Å². The smallest absolute Gasteiger partial charge is 0.353 e. The Morgan fingerprint density at radius 1 is 0.240 bits per heavy atom. The van der Waals surface area contributed by atoms with Gasteiger partial charge in [-0.2, -0.15) is 0 Å². The number of aliphatic hydroxyl groups excluding tert-OH is 1. The van der Waals surface area contributed by atoms with E-state index in [1.807, 2.05) is 0 Å². The lowest BCUT2D eigenvalue weighted by Gasteiger charge is -2.03. The summed E-state index contributed by atoms with van der Waals surface area (Å²) in [7, 11) is -4.18. The first-order valence-corrected chi connectivity index (χ1v) is 3.36. The van der Waals surface area contributed by atoms with E-state index < -0.39 is 13.4 Å². The van der Waals surface area contributed by atoms with Gasteiger partial charge in [0.05, 0.1) is 0 Å². The van der Waals surface area contributed by atoms with Gasteiger partial charge in [-0.25, -0.2) is 0 Å². The Hall–Kier alpha value is 0.110. The molecule has 0 aliphatic heterocycles. The molecule has 0 aromatic rings. The molecule has 0 heterocycles. The SMILES string of the molecule is C.C.C.C.C.C.C.C.C.C.C.C.C.C.C.C.C.C.C.C.C.C.C.C.C.C.C.C.C.C.C.C.C.C.C.C.C.C.C.C.C.C.C.CC(O)P(=O)(O)O. The van der Waals surface area contributed by atoms with E-state index in [0.29, 0.717) is 0 Å². The first-order valence-electron chi connectivity index (χ1n) is 1.68. The average Bonchev–Trinajstić information content (AvgIpc) is 1.31. The van der Waals surface area contributed by atoms with Crippen molar-refractivity contribution in [3.8, 4) is 0 Å². The van der Waals surface area contributed by atoms with E-state index in [4.69, 9.17) is 14.9 Å². The van der Waals surface area contributed by atoms with Gasteiger partial charge in [0.25, 0.3) is 0 Å². The standard InChI is InChI=1S/C2H7O4P.43CH4/c1-2(3)7(4,5)6;;;;;;;;;;;;;;;;;;;;;;;;;;;;;;;;;;;;;;;;;;;/h2-3H,1H3,(H2,4,5,6);43*1H4. The zero-order valence-electron chi connectivity index (χ0n) is 3.77. The van der Waals surface area contributed by atoms with Gasteiger partial charge in [-0.1, -0.05) is 319 Å². The molecule has 0 aliphatic rings. The summed E-state index contributed by atoms with van der Waals surface area (Å²) in [5.41, 5.74) is 0. The molecule has 1 atom stereocenters. The van der Waals surface area contributed by atoms with Crippen LogP contribution < -0.4 is 0 Å². The molecule has 0 fully saturated rings. The molecule has 0 aromatic carbocycles. The van der Waals surface area contributed by atoms with Gasteiger partial charge in [0.1, 0.15) is 0 Å². The van der Waals surface area contributed by atoms with E-state index in [0.717, 1.165) is 6.92 Å². The van der Waals surface area contributed by atoms with Crippen molar-refractivity contribution < 1.29 is 19.5 Å². The molecule has 0 aromatic heterocycles. The molecule has 0 rings (SSSR count). The summed E-state index contributed by atoms with van der Waals surface area (Å²) < 4.78 is 9.78. The molecule has 50 heavy (non-hydrogen) atoms.